The highest BCUT2D eigenvalue weighted by Crippen LogP contribution is 2.20. The molecule has 1 N–H and O–H groups in total. The van der Waals surface area contributed by atoms with Gasteiger partial charge in [0.2, 0.25) is 5.91 Å². The summed E-state index contributed by atoms with van der Waals surface area (Å²) < 4.78 is 5.03. The molecule has 1 heterocycles. The topological polar surface area (TPSA) is 58.6 Å². The molecule has 0 radical (unpaired) electrons. The monoisotopic (exact) mass is 220 g/mol. The predicted molar refractivity (Wildman–Crippen MR) is 58.5 cm³/mol. The Morgan fingerprint density at radius 2 is 1.94 bits per heavy atom. The molecule has 3 amide bonds. The molecule has 0 saturated carbocycles. The van der Waals surface area contributed by atoms with Crippen LogP contribution in [0.3, 0.4) is 0 Å². The van der Waals surface area contributed by atoms with Crippen LogP contribution >= 0.6 is 0 Å². The summed E-state index contributed by atoms with van der Waals surface area (Å²) in [6.45, 7) is 0.414. The van der Waals surface area contributed by atoms with Gasteiger partial charge in [0.05, 0.1) is 7.11 Å². The van der Waals surface area contributed by atoms with Crippen LogP contribution in [0.4, 0.5) is 10.5 Å². The first-order valence-corrected chi connectivity index (χ1v) is 4.96. The van der Waals surface area contributed by atoms with Crippen molar-refractivity contribution in [1.82, 2.24) is 5.32 Å². The van der Waals surface area contributed by atoms with Gasteiger partial charge < -0.3 is 4.74 Å². The summed E-state index contributed by atoms with van der Waals surface area (Å²) in [5.74, 6) is 0.506. The third-order valence-electron chi connectivity index (χ3n) is 2.44. The van der Waals surface area contributed by atoms with Crippen LogP contribution in [0.25, 0.3) is 0 Å². The molecular formula is C11H12N2O3. The van der Waals surface area contributed by atoms with Gasteiger partial charge in [0.25, 0.3) is 0 Å². The van der Waals surface area contributed by atoms with E-state index >= 15 is 0 Å². The maximum absolute atomic E-state index is 11.5. The van der Waals surface area contributed by atoms with Gasteiger partial charge in [-0.2, -0.15) is 0 Å². The maximum atomic E-state index is 11.5. The lowest BCUT2D eigenvalue weighted by Gasteiger charge is -2.26. The number of benzene rings is 1. The van der Waals surface area contributed by atoms with E-state index < -0.39 is 0 Å². The minimum Gasteiger partial charge on any atom is -0.497 e. The Labute approximate surface area is 93.0 Å². The average Bonchev–Trinajstić information content (AvgIpc) is 2.29. The number of carbonyl (C=O) groups excluding carboxylic acids is 2. The van der Waals surface area contributed by atoms with E-state index in [1.54, 1.807) is 31.4 Å². The van der Waals surface area contributed by atoms with Gasteiger partial charge in [-0.15, -0.1) is 0 Å². The molecule has 0 unspecified atom stereocenters. The lowest BCUT2D eigenvalue weighted by Crippen LogP contribution is -2.49. The summed E-state index contributed by atoms with van der Waals surface area (Å²) >= 11 is 0. The minimum atomic E-state index is -0.374. The molecule has 16 heavy (non-hydrogen) atoms. The van der Waals surface area contributed by atoms with Gasteiger partial charge in [0.1, 0.15) is 5.75 Å². The SMILES string of the molecule is COc1ccc(N2CCC(=O)NC2=O)cc1. The molecule has 5 heteroatoms. The van der Waals surface area contributed by atoms with E-state index in [1.807, 2.05) is 0 Å². The highest BCUT2D eigenvalue weighted by atomic mass is 16.5. The highest BCUT2D eigenvalue weighted by Gasteiger charge is 2.23. The first-order valence-electron chi connectivity index (χ1n) is 4.96. The van der Waals surface area contributed by atoms with Crippen LogP contribution in [0.15, 0.2) is 24.3 Å². The van der Waals surface area contributed by atoms with Crippen LogP contribution < -0.4 is 15.0 Å². The van der Waals surface area contributed by atoms with Crippen molar-refractivity contribution < 1.29 is 14.3 Å². The van der Waals surface area contributed by atoms with E-state index in [-0.39, 0.29) is 11.9 Å². The highest BCUT2D eigenvalue weighted by molar-refractivity contribution is 6.05. The molecule has 1 aliphatic rings. The Bertz CT molecular complexity index is 414. The molecule has 84 valence electrons. The molecule has 1 aromatic rings. The number of methoxy groups -OCH3 is 1. The van der Waals surface area contributed by atoms with Crippen molar-refractivity contribution in [2.45, 2.75) is 6.42 Å². The predicted octanol–water partition coefficient (Wildman–Crippen LogP) is 1.14. The second-order valence-electron chi connectivity index (χ2n) is 3.45. The van der Waals surface area contributed by atoms with Crippen molar-refractivity contribution in [1.29, 1.82) is 0 Å². The van der Waals surface area contributed by atoms with Crippen LogP contribution in [0.1, 0.15) is 6.42 Å². The van der Waals surface area contributed by atoms with E-state index in [2.05, 4.69) is 5.32 Å². The largest absolute Gasteiger partial charge is 0.497 e. The second kappa shape index (κ2) is 4.22. The Morgan fingerprint density at radius 1 is 1.25 bits per heavy atom. The molecule has 5 nitrogen and oxygen atoms in total. The molecule has 0 spiro atoms. The van der Waals surface area contributed by atoms with Gasteiger partial charge in [0, 0.05) is 18.7 Å². The number of hydrogen-bond acceptors (Lipinski definition) is 3. The van der Waals surface area contributed by atoms with Crippen molar-refractivity contribution in [2.24, 2.45) is 0 Å². The Balaban J connectivity index is 2.17. The van der Waals surface area contributed by atoms with Crippen molar-refractivity contribution in [3.8, 4) is 5.75 Å². The summed E-state index contributed by atoms with van der Waals surface area (Å²) in [6, 6.07) is 6.75. The number of rotatable bonds is 2. The molecular weight excluding hydrogens is 208 g/mol. The van der Waals surface area contributed by atoms with E-state index in [0.29, 0.717) is 13.0 Å². The third kappa shape index (κ3) is 1.98. The lowest BCUT2D eigenvalue weighted by molar-refractivity contribution is -0.120. The number of anilines is 1. The standard InChI is InChI=1S/C11H12N2O3/c1-16-9-4-2-8(3-5-9)13-7-6-10(14)12-11(13)15/h2-5H,6-7H2,1H3,(H,12,14,15). The van der Waals surface area contributed by atoms with Crippen LogP contribution in [0, 0.1) is 0 Å². The van der Waals surface area contributed by atoms with E-state index in [9.17, 15) is 9.59 Å². The van der Waals surface area contributed by atoms with Crippen molar-refractivity contribution >= 4 is 17.6 Å². The summed E-state index contributed by atoms with van der Waals surface area (Å²) in [5, 5.41) is 2.27. The molecule has 2 rings (SSSR count). The fourth-order valence-electron chi connectivity index (χ4n) is 1.57. The number of imide groups is 1. The first kappa shape index (κ1) is 10.5. The van der Waals surface area contributed by atoms with Gasteiger partial charge in [-0.1, -0.05) is 0 Å². The van der Waals surface area contributed by atoms with Gasteiger partial charge in [-0.25, -0.2) is 4.79 Å². The van der Waals surface area contributed by atoms with E-state index in [1.165, 1.54) is 4.90 Å². The number of carbonyl (C=O) groups is 2. The normalized spacial score (nSPS) is 15.9. The number of ether oxygens (including phenoxy) is 1. The van der Waals surface area contributed by atoms with Crippen molar-refractivity contribution in [3.05, 3.63) is 24.3 Å². The zero-order valence-corrected chi connectivity index (χ0v) is 8.90. The van der Waals surface area contributed by atoms with Gasteiger partial charge >= 0.3 is 6.03 Å². The summed E-state index contributed by atoms with van der Waals surface area (Å²) in [6.07, 6.45) is 0.331. The van der Waals surface area contributed by atoms with Crippen LogP contribution in [0.5, 0.6) is 5.75 Å². The number of nitrogens with one attached hydrogen (secondary N) is 1. The van der Waals surface area contributed by atoms with Gasteiger partial charge in [-0.05, 0) is 24.3 Å². The van der Waals surface area contributed by atoms with Crippen LogP contribution in [-0.2, 0) is 4.79 Å². The van der Waals surface area contributed by atoms with Gasteiger partial charge in [-0.3, -0.25) is 15.0 Å². The smallest absolute Gasteiger partial charge is 0.328 e. The minimum absolute atomic E-state index is 0.227. The molecule has 1 aromatic carbocycles. The Hall–Kier alpha value is -2.04. The number of amides is 3. The van der Waals surface area contributed by atoms with E-state index in [0.717, 1.165) is 11.4 Å². The second-order valence-corrected chi connectivity index (χ2v) is 3.45. The van der Waals surface area contributed by atoms with Crippen LogP contribution in [-0.4, -0.2) is 25.6 Å². The molecule has 0 atom stereocenters. The summed E-state index contributed by atoms with van der Waals surface area (Å²) in [5.41, 5.74) is 0.755. The molecule has 0 aromatic heterocycles. The molecule has 1 aliphatic heterocycles. The first-order chi connectivity index (χ1) is 7.70. The quantitative estimate of drug-likeness (QED) is 0.813. The molecule has 1 fully saturated rings. The number of hydrogen-bond donors (Lipinski definition) is 1. The maximum Gasteiger partial charge on any atom is 0.328 e. The molecule has 1 saturated heterocycles. The molecule has 0 aliphatic carbocycles. The average molecular weight is 220 g/mol. The van der Waals surface area contributed by atoms with Crippen molar-refractivity contribution in [3.63, 3.8) is 0 Å². The van der Waals surface area contributed by atoms with Gasteiger partial charge in [0.15, 0.2) is 0 Å². The lowest BCUT2D eigenvalue weighted by atomic mass is 10.2. The zero-order valence-electron chi connectivity index (χ0n) is 8.90. The zero-order chi connectivity index (χ0) is 11.5. The summed E-state index contributed by atoms with van der Waals surface area (Å²) in [7, 11) is 1.58. The fraction of sp³-hybridized carbons (Fsp3) is 0.273. The third-order valence-corrected chi connectivity index (χ3v) is 2.44. The van der Waals surface area contributed by atoms with Crippen LogP contribution in [0.2, 0.25) is 0 Å². The Morgan fingerprint density at radius 3 is 2.50 bits per heavy atom. The van der Waals surface area contributed by atoms with E-state index in [4.69, 9.17) is 4.74 Å². The fourth-order valence-corrected chi connectivity index (χ4v) is 1.57. The Kier molecular flexibility index (Phi) is 2.76. The number of urea groups is 1. The molecule has 0 bridgehead atoms. The number of nitrogens with zero attached hydrogens (tertiary/aromatic N) is 1. The summed E-state index contributed by atoms with van der Waals surface area (Å²) in [4.78, 5) is 24.0. The van der Waals surface area contributed by atoms with Crippen molar-refractivity contribution in [2.75, 3.05) is 18.6 Å².